The van der Waals surface area contributed by atoms with Crippen molar-refractivity contribution in [2.45, 2.75) is 0 Å². The van der Waals surface area contributed by atoms with Gasteiger partial charge in [0.15, 0.2) is 17.4 Å². The Hall–Kier alpha value is -1.14. The average molecular weight is 188 g/mol. The summed E-state index contributed by atoms with van der Waals surface area (Å²) >= 11 is 0. The quantitative estimate of drug-likeness (QED) is 0.623. The molecule has 0 fully saturated rings. The van der Waals surface area contributed by atoms with E-state index in [9.17, 15) is 8.78 Å². The van der Waals surface area contributed by atoms with E-state index in [1.54, 1.807) is 0 Å². The van der Waals surface area contributed by atoms with Gasteiger partial charge in [0.1, 0.15) is 0 Å². The molecule has 2 N–H and O–H groups in total. The largest absolute Gasteiger partial charge is 0.494 e. The summed E-state index contributed by atoms with van der Waals surface area (Å²) in [5, 5.41) is 17.2. The number of hydrogen-bond acceptors (Lipinski definition) is 3. The summed E-state index contributed by atoms with van der Waals surface area (Å²) in [4.78, 5) is 0. The third-order valence-electron chi connectivity index (χ3n) is 1.57. The molecular formula is C7H7BF2O3. The second kappa shape index (κ2) is 3.72. The lowest BCUT2D eigenvalue weighted by Crippen LogP contribution is -2.33. The molecule has 0 aliphatic heterocycles. The Morgan fingerprint density at radius 3 is 2.31 bits per heavy atom. The number of hydrogen-bond donors (Lipinski definition) is 2. The molecule has 3 nitrogen and oxygen atoms in total. The van der Waals surface area contributed by atoms with Gasteiger partial charge in [-0.25, -0.2) is 4.39 Å². The van der Waals surface area contributed by atoms with Gasteiger partial charge in [-0.3, -0.25) is 0 Å². The Labute approximate surface area is 73.7 Å². The van der Waals surface area contributed by atoms with Crippen molar-refractivity contribution in [3.63, 3.8) is 0 Å². The molecule has 0 saturated carbocycles. The number of methoxy groups -OCH3 is 1. The summed E-state index contributed by atoms with van der Waals surface area (Å²) in [7, 11) is -0.840. The molecule has 0 bridgehead atoms. The summed E-state index contributed by atoms with van der Waals surface area (Å²) in [5.74, 6) is -2.82. The fourth-order valence-corrected chi connectivity index (χ4v) is 0.904. The van der Waals surface area contributed by atoms with E-state index in [0.717, 1.165) is 12.1 Å². The zero-order chi connectivity index (χ0) is 10.0. The van der Waals surface area contributed by atoms with Crippen molar-refractivity contribution in [3.05, 3.63) is 23.8 Å². The topological polar surface area (TPSA) is 49.7 Å². The minimum Gasteiger partial charge on any atom is -0.494 e. The molecule has 1 aromatic carbocycles. The summed E-state index contributed by atoms with van der Waals surface area (Å²) in [6, 6.07) is 2.16. The fraction of sp³-hybridized carbons (Fsp3) is 0.143. The molecule has 0 aliphatic rings. The number of rotatable bonds is 2. The zero-order valence-electron chi connectivity index (χ0n) is 6.79. The molecule has 1 rings (SSSR count). The molecular weight excluding hydrogens is 181 g/mol. The number of ether oxygens (including phenoxy) is 1. The molecule has 13 heavy (non-hydrogen) atoms. The van der Waals surface area contributed by atoms with Crippen molar-refractivity contribution in [1.82, 2.24) is 0 Å². The van der Waals surface area contributed by atoms with Gasteiger partial charge in [-0.2, -0.15) is 4.39 Å². The highest BCUT2D eigenvalue weighted by Gasteiger charge is 2.21. The van der Waals surface area contributed by atoms with E-state index in [-0.39, 0.29) is 5.75 Å². The smallest absolute Gasteiger partial charge is 0.491 e. The van der Waals surface area contributed by atoms with Crippen molar-refractivity contribution in [3.8, 4) is 5.75 Å². The second-order valence-corrected chi connectivity index (χ2v) is 2.36. The van der Waals surface area contributed by atoms with Crippen LogP contribution < -0.4 is 10.2 Å². The Bertz CT molecular complexity index is 317. The fourth-order valence-electron chi connectivity index (χ4n) is 0.904. The second-order valence-electron chi connectivity index (χ2n) is 2.36. The molecule has 0 amide bonds. The predicted octanol–water partition coefficient (Wildman–Crippen LogP) is -0.347. The molecule has 0 heterocycles. The molecule has 70 valence electrons. The maximum absolute atomic E-state index is 12.9. The van der Waals surface area contributed by atoms with Crippen LogP contribution in [0.4, 0.5) is 8.78 Å². The van der Waals surface area contributed by atoms with E-state index in [1.165, 1.54) is 7.11 Å². The summed E-state index contributed by atoms with van der Waals surface area (Å²) in [6.07, 6.45) is 0. The number of halogens is 2. The van der Waals surface area contributed by atoms with E-state index in [2.05, 4.69) is 4.74 Å². The Morgan fingerprint density at radius 1 is 1.23 bits per heavy atom. The lowest BCUT2D eigenvalue weighted by Gasteiger charge is -2.05. The maximum Gasteiger partial charge on any atom is 0.491 e. The van der Waals surface area contributed by atoms with E-state index < -0.39 is 24.2 Å². The minimum absolute atomic E-state index is 0.276. The zero-order valence-corrected chi connectivity index (χ0v) is 6.79. The molecule has 0 unspecified atom stereocenters. The first kappa shape index (κ1) is 9.95. The predicted molar refractivity (Wildman–Crippen MR) is 42.7 cm³/mol. The van der Waals surface area contributed by atoms with E-state index in [1.807, 2.05) is 0 Å². The van der Waals surface area contributed by atoms with Crippen molar-refractivity contribution < 1.29 is 23.6 Å². The molecule has 6 heteroatoms. The Kier molecular flexibility index (Phi) is 2.85. The molecule has 0 radical (unpaired) electrons. The van der Waals surface area contributed by atoms with Gasteiger partial charge >= 0.3 is 7.12 Å². The highest BCUT2D eigenvalue weighted by molar-refractivity contribution is 6.58. The van der Waals surface area contributed by atoms with Gasteiger partial charge in [-0.15, -0.1) is 0 Å². The lowest BCUT2D eigenvalue weighted by atomic mass is 9.80. The molecule has 0 spiro atoms. The highest BCUT2D eigenvalue weighted by Crippen LogP contribution is 2.17. The van der Waals surface area contributed by atoms with Crippen molar-refractivity contribution in [1.29, 1.82) is 0 Å². The van der Waals surface area contributed by atoms with Crippen LogP contribution in [0.3, 0.4) is 0 Å². The average Bonchev–Trinajstić information content (AvgIpc) is 2.09. The highest BCUT2D eigenvalue weighted by atomic mass is 19.2. The van der Waals surface area contributed by atoms with Gasteiger partial charge in [0.2, 0.25) is 0 Å². The Morgan fingerprint density at radius 2 is 1.85 bits per heavy atom. The normalized spacial score (nSPS) is 9.92. The third kappa shape index (κ3) is 1.79. The molecule has 0 atom stereocenters. The van der Waals surface area contributed by atoms with Crippen LogP contribution in [-0.2, 0) is 0 Å². The van der Waals surface area contributed by atoms with E-state index in [4.69, 9.17) is 10.0 Å². The van der Waals surface area contributed by atoms with Crippen molar-refractivity contribution >= 4 is 12.6 Å². The molecule has 0 aromatic heterocycles. The molecule has 0 aliphatic carbocycles. The van der Waals surface area contributed by atoms with Crippen molar-refractivity contribution in [2.24, 2.45) is 0 Å². The summed E-state index contributed by atoms with van der Waals surface area (Å²) in [5.41, 5.74) is -0.515. The van der Waals surface area contributed by atoms with Crippen LogP contribution in [0.2, 0.25) is 0 Å². The van der Waals surface area contributed by atoms with Gasteiger partial charge in [-0.1, -0.05) is 6.07 Å². The van der Waals surface area contributed by atoms with Crippen LogP contribution in [0, 0.1) is 11.6 Å². The summed E-state index contributed by atoms with van der Waals surface area (Å²) in [6.45, 7) is 0. The first-order valence-electron chi connectivity index (χ1n) is 3.46. The molecule has 1 aromatic rings. The first-order chi connectivity index (χ1) is 6.07. The maximum atomic E-state index is 12.9. The first-order valence-corrected chi connectivity index (χ1v) is 3.46. The lowest BCUT2D eigenvalue weighted by molar-refractivity contribution is 0.371. The van der Waals surface area contributed by atoms with Crippen LogP contribution in [0.1, 0.15) is 0 Å². The van der Waals surface area contributed by atoms with Crippen LogP contribution in [0.15, 0.2) is 12.1 Å². The standard InChI is InChI=1S/C7H7BF2O3/c1-13-5-3-2-4(8(11)12)6(9)7(5)10/h2-3,11-12H,1H3. The van der Waals surface area contributed by atoms with Crippen LogP contribution in [0.5, 0.6) is 5.75 Å². The van der Waals surface area contributed by atoms with E-state index >= 15 is 0 Å². The van der Waals surface area contributed by atoms with Gasteiger partial charge in [-0.05, 0) is 6.07 Å². The minimum atomic E-state index is -2.03. The third-order valence-corrected chi connectivity index (χ3v) is 1.57. The van der Waals surface area contributed by atoms with E-state index in [0.29, 0.717) is 0 Å². The monoisotopic (exact) mass is 188 g/mol. The van der Waals surface area contributed by atoms with Gasteiger partial charge in [0, 0.05) is 5.46 Å². The van der Waals surface area contributed by atoms with Gasteiger partial charge in [0.25, 0.3) is 0 Å². The van der Waals surface area contributed by atoms with Crippen LogP contribution in [-0.4, -0.2) is 24.3 Å². The SMILES string of the molecule is COc1ccc(B(O)O)c(F)c1F. The molecule has 0 saturated heterocycles. The van der Waals surface area contributed by atoms with Gasteiger partial charge in [0.05, 0.1) is 7.11 Å². The summed E-state index contributed by atoms with van der Waals surface area (Å²) < 4.78 is 30.3. The van der Waals surface area contributed by atoms with Crippen molar-refractivity contribution in [2.75, 3.05) is 7.11 Å². The van der Waals surface area contributed by atoms with Gasteiger partial charge < -0.3 is 14.8 Å². The number of benzene rings is 1. The Balaban J connectivity index is 3.23. The van der Waals surface area contributed by atoms with Crippen LogP contribution >= 0.6 is 0 Å². The van der Waals surface area contributed by atoms with Crippen LogP contribution in [0.25, 0.3) is 0 Å².